The number of carbonyl (C=O) groups is 2. The van der Waals surface area contributed by atoms with Crippen molar-refractivity contribution in [2.45, 2.75) is 30.3 Å². The molecule has 1 aromatic carbocycles. The third-order valence-electron chi connectivity index (χ3n) is 6.90. The van der Waals surface area contributed by atoms with Crippen molar-refractivity contribution in [3.63, 3.8) is 0 Å². The minimum atomic E-state index is -0.913. The van der Waals surface area contributed by atoms with Gasteiger partial charge in [0, 0.05) is 51.6 Å². The third-order valence-corrected chi connectivity index (χ3v) is 8.50. The van der Waals surface area contributed by atoms with Gasteiger partial charge in [0.1, 0.15) is 5.54 Å². The summed E-state index contributed by atoms with van der Waals surface area (Å²) < 4.78 is 0. The second kappa shape index (κ2) is 6.20. The van der Waals surface area contributed by atoms with Crippen LogP contribution in [0.25, 0.3) is 0 Å². The first-order chi connectivity index (χ1) is 14.0. The molecule has 5 nitrogen and oxygen atoms in total. The molecule has 0 bridgehead atoms. The van der Waals surface area contributed by atoms with Crippen LogP contribution in [0, 0.1) is 11.8 Å². The maximum Gasteiger partial charge on any atom is 0.250 e. The number of nitrogens with one attached hydrogen (secondary N) is 2. The minimum absolute atomic E-state index is 0.0126. The van der Waals surface area contributed by atoms with Crippen LogP contribution >= 0.6 is 34.5 Å². The largest absolute Gasteiger partial charge is 0.354 e. The van der Waals surface area contributed by atoms with Gasteiger partial charge in [-0.05, 0) is 37.0 Å². The fourth-order valence-corrected chi connectivity index (χ4v) is 7.08. The predicted octanol–water partition coefficient (Wildman–Crippen LogP) is 3.83. The quantitative estimate of drug-likeness (QED) is 0.751. The number of fused-ring (bicyclic) bond motifs is 3. The highest BCUT2D eigenvalue weighted by atomic mass is 35.5. The monoisotopic (exact) mass is 447 g/mol. The van der Waals surface area contributed by atoms with Gasteiger partial charge in [0.15, 0.2) is 0 Å². The van der Waals surface area contributed by atoms with Crippen LogP contribution in [-0.2, 0) is 15.1 Å². The first-order valence-electron chi connectivity index (χ1n) is 9.90. The molecule has 29 heavy (non-hydrogen) atoms. The Morgan fingerprint density at radius 2 is 2.00 bits per heavy atom. The van der Waals surface area contributed by atoms with E-state index in [4.69, 9.17) is 23.2 Å². The molecule has 4 atom stereocenters. The van der Waals surface area contributed by atoms with Crippen molar-refractivity contribution in [1.29, 1.82) is 0 Å². The number of hydrogen-bond donors (Lipinski definition) is 2. The van der Waals surface area contributed by atoms with Crippen LogP contribution < -0.4 is 10.6 Å². The molecule has 2 amide bonds. The number of carbonyl (C=O) groups excluding carboxylic acids is 2. The summed E-state index contributed by atoms with van der Waals surface area (Å²) in [7, 11) is 0. The van der Waals surface area contributed by atoms with E-state index in [-0.39, 0.29) is 29.7 Å². The maximum atomic E-state index is 13.8. The highest BCUT2D eigenvalue weighted by Crippen LogP contribution is 2.61. The molecule has 4 heterocycles. The highest BCUT2D eigenvalue weighted by Gasteiger charge is 2.70. The lowest BCUT2D eigenvalue weighted by Crippen LogP contribution is -2.54. The molecule has 3 aliphatic heterocycles. The number of likely N-dealkylation sites (tertiary alicyclic amines) is 1. The first kappa shape index (κ1) is 18.2. The number of thiophene rings is 1. The summed E-state index contributed by atoms with van der Waals surface area (Å²) in [6.07, 6.45) is 2.35. The van der Waals surface area contributed by atoms with Gasteiger partial charge in [-0.1, -0.05) is 29.3 Å². The van der Waals surface area contributed by atoms with Gasteiger partial charge in [-0.2, -0.15) is 0 Å². The molecule has 0 radical (unpaired) electrons. The van der Waals surface area contributed by atoms with Gasteiger partial charge in [0.25, 0.3) is 0 Å². The fraction of sp³-hybridized carbons (Fsp3) is 0.429. The predicted molar refractivity (Wildman–Crippen MR) is 114 cm³/mol. The zero-order valence-corrected chi connectivity index (χ0v) is 17.8. The number of benzene rings is 1. The van der Waals surface area contributed by atoms with E-state index in [0.717, 1.165) is 22.7 Å². The molecule has 8 heteroatoms. The molecule has 6 rings (SSSR count). The number of anilines is 1. The molecule has 1 saturated carbocycles. The number of halogens is 2. The first-order valence-corrected chi connectivity index (χ1v) is 11.5. The van der Waals surface area contributed by atoms with Crippen molar-refractivity contribution in [3.8, 4) is 0 Å². The van der Waals surface area contributed by atoms with E-state index < -0.39 is 5.54 Å². The highest BCUT2D eigenvalue weighted by molar-refractivity contribution is 7.10. The van der Waals surface area contributed by atoms with Crippen LogP contribution in [0.2, 0.25) is 10.0 Å². The Kier molecular flexibility index (Phi) is 3.89. The van der Waals surface area contributed by atoms with Crippen molar-refractivity contribution in [3.05, 3.63) is 50.1 Å². The van der Waals surface area contributed by atoms with Gasteiger partial charge in [0.2, 0.25) is 11.8 Å². The normalized spacial score (nSPS) is 33.1. The van der Waals surface area contributed by atoms with Crippen LogP contribution in [0.15, 0.2) is 29.6 Å². The number of rotatable bonds is 3. The lowest BCUT2D eigenvalue weighted by Gasteiger charge is -2.39. The summed E-state index contributed by atoms with van der Waals surface area (Å²) in [5.74, 6) is -0.0212. The van der Waals surface area contributed by atoms with E-state index in [1.54, 1.807) is 0 Å². The molecule has 150 valence electrons. The zero-order chi connectivity index (χ0) is 19.9. The zero-order valence-electron chi connectivity index (χ0n) is 15.5. The van der Waals surface area contributed by atoms with Gasteiger partial charge < -0.3 is 10.6 Å². The summed E-state index contributed by atoms with van der Waals surface area (Å²) in [5.41, 5.74) is 0.754. The topological polar surface area (TPSA) is 61.4 Å². The van der Waals surface area contributed by atoms with Gasteiger partial charge in [0.05, 0.1) is 10.9 Å². The van der Waals surface area contributed by atoms with Crippen molar-refractivity contribution in [1.82, 2.24) is 10.2 Å². The van der Waals surface area contributed by atoms with Crippen LogP contribution in [0.4, 0.5) is 5.69 Å². The van der Waals surface area contributed by atoms with E-state index in [1.807, 2.05) is 29.6 Å². The van der Waals surface area contributed by atoms with Gasteiger partial charge in [-0.3, -0.25) is 14.5 Å². The fourth-order valence-electron chi connectivity index (χ4n) is 5.62. The van der Waals surface area contributed by atoms with Crippen LogP contribution in [0.3, 0.4) is 0 Å². The van der Waals surface area contributed by atoms with Gasteiger partial charge in [-0.25, -0.2) is 0 Å². The molecule has 2 N–H and O–H groups in total. The summed E-state index contributed by atoms with van der Waals surface area (Å²) in [5, 5.41) is 9.23. The van der Waals surface area contributed by atoms with E-state index in [9.17, 15) is 9.59 Å². The Bertz CT molecular complexity index is 1050. The average Bonchev–Trinajstić information content (AvgIpc) is 3.02. The Balaban J connectivity index is 1.62. The molecule has 1 spiro atoms. The van der Waals surface area contributed by atoms with Crippen molar-refractivity contribution in [2.75, 3.05) is 18.4 Å². The van der Waals surface area contributed by atoms with Crippen molar-refractivity contribution >= 4 is 52.0 Å². The van der Waals surface area contributed by atoms with E-state index >= 15 is 0 Å². The van der Waals surface area contributed by atoms with Crippen LogP contribution in [0.1, 0.15) is 29.2 Å². The maximum absolute atomic E-state index is 13.8. The van der Waals surface area contributed by atoms with Gasteiger partial charge in [-0.15, -0.1) is 11.3 Å². The summed E-state index contributed by atoms with van der Waals surface area (Å²) in [6, 6.07) is 7.51. The van der Waals surface area contributed by atoms with E-state index in [0.29, 0.717) is 22.5 Å². The Labute approximate surface area is 182 Å². The van der Waals surface area contributed by atoms with E-state index in [1.165, 1.54) is 24.2 Å². The molecule has 1 aromatic heterocycles. The summed E-state index contributed by atoms with van der Waals surface area (Å²) >= 11 is 14.0. The Hall–Kier alpha value is -1.60. The molecule has 0 unspecified atom stereocenters. The van der Waals surface area contributed by atoms with Crippen molar-refractivity contribution in [2.24, 2.45) is 11.8 Å². The van der Waals surface area contributed by atoms with Crippen LogP contribution in [-0.4, -0.2) is 35.8 Å². The SMILES string of the molecule is O=C1NC[C@@H]2[C@H]1[C@@H](c1cc(Cl)cs1)[C@]1(C(=O)Nc3cc(Cl)ccc31)N2CC1CC1. The second-order valence-electron chi connectivity index (χ2n) is 8.49. The minimum Gasteiger partial charge on any atom is -0.354 e. The summed E-state index contributed by atoms with van der Waals surface area (Å²) in [6.45, 7) is 1.39. The Morgan fingerprint density at radius 1 is 1.17 bits per heavy atom. The van der Waals surface area contributed by atoms with Crippen molar-refractivity contribution < 1.29 is 9.59 Å². The third kappa shape index (κ3) is 2.43. The second-order valence-corrected chi connectivity index (χ2v) is 10.3. The average molecular weight is 448 g/mol. The Morgan fingerprint density at radius 3 is 2.72 bits per heavy atom. The molecule has 1 aliphatic carbocycles. The number of amides is 2. The molecule has 4 aliphatic rings. The van der Waals surface area contributed by atoms with Crippen LogP contribution in [0.5, 0.6) is 0 Å². The molecular formula is C21H19Cl2N3O2S. The molecule has 3 fully saturated rings. The molecule has 2 saturated heterocycles. The van der Waals surface area contributed by atoms with E-state index in [2.05, 4.69) is 15.5 Å². The lowest BCUT2D eigenvalue weighted by atomic mass is 9.74. The number of hydrogen-bond acceptors (Lipinski definition) is 4. The number of nitrogens with zero attached hydrogens (tertiary/aromatic N) is 1. The molecular weight excluding hydrogens is 429 g/mol. The smallest absolute Gasteiger partial charge is 0.250 e. The summed E-state index contributed by atoms with van der Waals surface area (Å²) in [4.78, 5) is 30.0. The molecule has 2 aromatic rings. The standard InChI is InChI=1S/C21H19Cl2N3O2S/c22-11-3-4-13-14(5-11)25-20(28)21(13)18(16-6-12(23)9-29-16)17-15(7-24-19(17)27)26(21)8-10-1-2-10/h3-6,9-10,15,17-18H,1-2,7-8H2,(H,24,27)(H,25,28)/t15-,17+,18-,21-/m1/s1. The van der Waals surface area contributed by atoms with Gasteiger partial charge >= 0.3 is 0 Å². The lowest BCUT2D eigenvalue weighted by molar-refractivity contribution is -0.128.